The van der Waals surface area contributed by atoms with Gasteiger partial charge in [0.15, 0.2) is 10.9 Å². The number of hydrogen-bond acceptors (Lipinski definition) is 4. The molecule has 3 N–H and O–H groups in total. The summed E-state index contributed by atoms with van der Waals surface area (Å²) in [4.78, 5) is 27.4. The molecule has 0 atom stereocenters. The van der Waals surface area contributed by atoms with E-state index < -0.39 is 11.7 Å². The molecule has 0 bridgehead atoms. The van der Waals surface area contributed by atoms with Crippen molar-refractivity contribution >= 4 is 34.7 Å². The van der Waals surface area contributed by atoms with Gasteiger partial charge in [-0.05, 0) is 42.5 Å². The molecule has 0 fully saturated rings. The minimum absolute atomic E-state index is 0.0656. The van der Waals surface area contributed by atoms with Gasteiger partial charge in [-0.25, -0.2) is 4.39 Å². The molecule has 0 saturated carbocycles. The molecule has 2 aromatic rings. The lowest BCUT2D eigenvalue weighted by Gasteiger charge is -2.12. The molecular weight excluding hydrogens is 319 g/mol. The Morgan fingerprint density at radius 1 is 1.17 bits per heavy atom. The Kier molecular flexibility index (Phi) is 5.32. The topological polar surface area (TPSA) is 83.1 Å². The second kappa shape index (κ2) is 7.41. The smallest absolute Gasteiger partial charge is 0.271 e. The lowest BCUT2D eigenvalue weighted by atomic mass is 10.1. The van der Waals surface area contributed by atoms with Gasteiger partial charge in [0.05, 0.1) is 5.56 Å². The predicted molar refractivity (Wildman–Crippen MR) is 87.5 cm³/mol. The average Bonchev–Trinajstić information content (AvgIpc) is 2.52. The minimum Gasteiger partial charge on any atom is -0.331 e. The molecule has 118 valence electrons. The molecule has 2 rings (SSSR count). The molecule has 1 aromatic heterocycles. The van der Waals surface area contributed by atoms with E-state index >= 15 is 0 Å². The molecule has 0 aliphatic carbocycles. The van der Waals surface area contributed by atoms with Crippen LogP contribution in [0.15, 0.2) is 42.6 Å². The third kappa shape index (κ3) is 4.55. The van der Waals surface area contributed by atoms with Crippen molar-refractivity contribution in [1.29, 1.82) is 0 Å². The summed E-state index contributed by atoms with van der Waals surface area (Å²) in [5, 5.41) is 2.78. The maximum absolute atomic E-state index is 13.1. The highest BCUT2D eigenvalue weighted by Gasteiger charge is 2.15. The van der Waals surface area contributed by atoms with Crippen LogP contribution in [0.5, 0.6) is 0 Å². The molecule has 8 heteroatoms. The fourth-order valence-electron chi connectivity index (χ4n) is 1.78. The van der Waals surface area contributed by atoms with Crippen LogP contribution in [-0.4, -0.2) is 21.8 Å². The number of aromatic nitrogens is 1. The third-order valence-corrected chi connectivity index (χ3v) is 2.96. The molecule has 1 amide bonds. The van der Waals surface area contributed by atoms with E-state index in [0.29, 0.717) is 5.69 Å². The molecule has 0 spiro atoms. The highest BCUT2D eigenvalue weighted by Crippen LogP contribution is 2.09. The number of nitrogens with zero attached hydrogens (tertiary/aromatic N) is 1. The lowest BCUT2D eigenvalue weighted by Crippen LogP contribution is -2.44. The number of halogens is 1. The Labute approximate surface area is 137 Å². The number of rotatable bonds is 3. The van der Waals surface area contributed by atoms with Crippen molar-refractivity contribution in [1.82, 2.24) is 15.8 Å². The van der Waals surface area contributed by atoms with E-state index in [4.69, 9.17) is 12.2 Å². The standard InChI is InChI=1S/C15H13FN4O2S/c1-9(21)13-12(6-3-7-17-13)14(22)19-20-15(23)18-11-5-2-4-10(16)8-11/h2-8H,1H3,(H,19,22)(H2,18,20,23). The van der Waals surface area contributed by atoms with Gasteiger partial charge in [0, 0.05) is 18.8 Å². The maximum Gasteiger partial charge on any atom is 0.271 e. The van der Waals surface area contributed by atoms with E-state index in [2.05, 4.69) is 21.2 Å². The van der Waals surface area contributed by atoms with Gasteiger partial charge in [0.25, 0.3) is 5.91 Å². The fourth-order valence-corrected chi connectivity index (χ4v) is 1.95. The van der Waals surface area contributed by atoms with Gasteiger partial charge >= 0.3 is 0 Å². The molecule has 0 aliphatic rings. The molecule has 1 aromatic carbocycles. The number of hydrogen-bond donors (Lipinski definition) is 3. The Hall–Kier alpha value is -2.87. The number of amides is 1. The van der Waals surface area contributed by atoms with Crippen LogP contribution in [0.2, 0.25) is 0 Å². The number of Topliss-reactive ketones (excluding diaryl/α,β-unsaturated/α-hetero) is 1. The first-order valence-corrected chi connectivity index (χ1v) is 6.97. The van der Waals surface area contributed by atoms with Crippen LogP contribution < -0.4 is 16.2 Å². The molecular formula is C15H13FN4O2S. The second-order valence-electron chi connectivity index (χ2n) is 4.50. The summed E-state index contributed by atoms with van der Waals surface area (Å²) in [6.45, 7) is 1.32. The Bertz CT molecular complexity index is 767. The summed E-state index contributed by atoms with van der Waals surface area (Å²) < 4.78 is 13.1. The predicted octanol–water partition coefficient (Wildman–Crippen LogP) is 2.05. The summed E-state index contributed by atoms with van der Waals surface area (Å²) in [5.41, 5.74) is 5.45. The summed E-state index contributed by atoms with van der Waals surface area (Å²) in [6, 6.07) is 8.72. The Morgan fingerprint density at radius 2 is 1.96 bits per heavy atom. The highest BCUT2D eigenvalue weighted by atomic mass is 32.1. The van der Waals surface area contributed by atoms with Crippen LogP contribution in [0, 0.1) is 5.82 Å². The minimum atomic E-state index is -0.563. The van der Waals surface area contributed by atoms with E-state index in [0.717, 1.165) is 0 Å². The zero-order valence-corrected chi connectivity index (χ0v) is 12.9. The van der Waals surface area contributed by atoms with Crippen LogP contribution in [0.1, 0.15) is 27.8 Å². The van der Waals surface area contributed by atoms with Crippen molar-refractivity contribution < 1.29 is 14.0 Å². The van der Waals surface area contributed by atoms with E-state index in [9.17, 15) is 14.0 Å². The number of anilines is 1. The number of thiocarbonyl (C=S) groups is 1. The van der Waals surface area contributed by atoms with Gasteiger partial charge in [0.1, 0.15) is 11.5 Å². The quantitative estimate of drug-likeness (QED) is 0.453. The molecule has 1 heterocycles. The van der Waals surface area contributed by atoms with Crippen LogP contribution >= 0.6 is 12.2 Å². The van der Waals surface area contributed by atoms with Gasteiger partial charge in [-0.1, -0.05) is 6.07 Å². The largest absolute Gasteiger partial charge is 0.331 e. The van der Waals surface area contributed by atoms with Crippen LogP contribution in [-0.2, 0) is 0 Å². The van der Waals surface area contributed by atoms with Crippen LogP contribution in [0.25, 0.3) is 0 Å². The van der Waals surface area contributed by atoms with Crippen molar-refractivity contribution in [3.8, 4) is 0 Å². The van der Waals surface area contributed by atoms with Crippen LogP contribution in [0.3, 0.4) is 0 Å². The Balaban J connectivity index is 1.97. The lowest BCUT2D eigenvalue weighted by molar-refractivity contribution is 0.0929. The molecule has 0 radical (unpaired) electrons. The third-order valence-electron chi connectivity index (χ3n) is 2.76. The van der Waals surface area contributed by atoms with E-state index in [1.807, 2.05) is 0 Å². The fraction of sp³-hybridized carbons (Fsp3) is 0.0667. The Morgan fingerprint density at radius 3 is 2.65 bits per heavy atom. The SMILES string of the molecule is CC(=O)c1ncccc1C(=O)NNC(=S)Nc1cccc(F)c1. The van der Waals surface area contributed by atoms with Crippen molar-refractivity contribution in [3.63, 3.8) is 0 Å². The number of benzene rings is 1. The highest BCUT2D eigenvalue weighted by molar-refractivity contribution is 7.80. The van der Waals surface area contributed by atoms with Crippen molar-refractivity contribution in [3.05, 3.63) is 59.7 Å². The zero-order chi connectivity index (χ0) is 16.8. The van der Waals surface area contributed by atoms with Crippen LogP contribution in [0.4, 0.5) is 10.1 Å². The first kappa shape index (κ1) is 16.5. The summed E-state index contributed by atoms with van der Waals surface area (Å²) in [5.74, 6) is -1.30. The van der Waals surface area contributed by atoms with Gasteiger partial charge in [-0.3, -0.25) is 25.4 Å². The number of carbonyl (C=O) groups excluding carboxylic acids is 2. The number of ketones is 1. The van der Waals surface area contributed by atoms with Crippen molar-refractivity contribution in [2.75, 3.05) is 5.32 Å². The van der Waals surface area contributed by atoms with Crippen molar-refractivity contribution in [2.45, 2.75) is 6.92 Å². The summed E-state index contributed by atoms with van der Waals surface area (Å²) in [6.07, 6.45) is 1.43. The maximum atomic E-state index is 13.1. The van der Waals surface area contributed by atoms with Crippen molar-refractivity contribution in [2.24, 2.45) is 0 Å². The summed E-state index contributed by atoms with van der Waals surface area (Å²) >= 11 is 4.99. The number of carbonyl (C=O) groups is 2. The van der Waals surface area contributed by atoms with Gasteiger partial charge in [-0.2, -0.15) is 0 Å². The number of nitrogens with one attached hydrogen (secondary N) is 3. The first-order valence-electron chi connectivity index (χ1n) is 6.56. The monoisotopic (exact) mass is 332 g/mol. The first-order chi connectivity index (χ1) is 11.0. The normalized spacial score (nSPS) is 9.83. The average molecular weight is 332 g/mol. The number of hydrazine groups is 1. The van der Waals surface area contributed by atoms with Gasteiger partial charge in [-0.15, -0.1) is 0 Å². The number of pyridine rings is 1. The summed E-state index contributed by atoms with van der Waals surface area (Å²) in [7, 11) is 0. The van der Waals surface area contributed by atoms with E-state index in [-0.39, 0.29) is 22.2 Å². The van der Waals surface area contributed by atoms with Gasteiger partial charge < -0.3 is 5.32 Å². The molecule has 0 aliphatic heterocycles. The molecule has 6 nitrogen and oxygen atoms in total. The molecule has 0 saturated heterocycles. The second-order valence-corrected chi connectivity index (χ2v) is 4.91. The van der Waals surface area contributed by atoms with E-state index in [1.54, 1.807) is 12.1 Å². The molecule has 23 heavy (non-hydrogen) atoms. The zero-order valence-electron chi connectivity index (χ0n) is 12.1. The molecule has 0 unspecified atom stereocenters. The van der Waals surface area contributed by atoms with Gasteiger partial charge in [0.2, 0.25) is 0 Å². The van der Waals surface area contributed by atoms with E-state index in [1.165, 1.54) is 37.4 Å².